The van der Waals surface area contributed by atoms with E-state index in [0.717, 1.165) is 66.7 Å². The maximum absolute atomic E-state index is 14.0. The second-order valence-corrected chi connectivity index (χ2v) is 10.5. The predicted molar refractivity (Wildman–Crippen MR) is 165 cm³/mol. The lowest BCUT2D eigenvalue weighted by Gasteiger charge is -2.10. The lowest BCUT2D eigenvalue weighted by Crippen LogP contribution is -2.22. The van der Waals surface area contributed by atoms with Crippen LogP contribution >= 0.6 is 0 Å². The number of halogens is 1. The minimum atomic E-state index is -0.292. The van der Waals surface area contributed by atoms with Crippen LogP contribution in [-0.2, 0) is 0 Å². The third-order valence-electron chi connectivity index (χ3n) is 7.52. The van der Waals surface area contributed by atoms with E-state index in [1.807, 2.05) is 42.5 Å². The number of hydrogen-bond acceptors (Lipinski definition) is 3. The number of nitrogens with one attached hydrogen (secondary N) is 3. The number of benzene rings is 3. The zero-order valence-corrected chi connectivity index (χ0v) is 22.6. The molecule has 204 valence electrons. The highest BCUT2D eigenvalue weighted by molar-refractivity contribution is 6.01. The van der Waals surface area contributed by atoms with Crippen molar-refractivity contribution in [2.75, 3.05) is 0 Å². The topological polar surface area (TPSA) is 86.5 Å². The van der Waals surface area contributed by atoms with Crippen molar-refractivity contribution >= 4 is 33.3 Å². The van der Waals surface area contributed by atoms with Crippen molar-refractivity contribution in [2.45, 2.75) is 12.8 Å². The number of nitrogens with zero attached hydrogens (tertiary/aromatic N) is 2. The molecule has 0 spiro atoms. The first kappa shape index (κ1) is 25.4. The van der Waals surface area contributed by atoms with Gasteiger partial charge < -0.3 is 10.3 Å². The highest BCUT2D eigenvalue weighted by Gasteiger charge is 2.17. The molecule has 1 aliphatic rings. The number of hydrogen-bond donors (Lipinski definition) is 3. The van der Waals surface area contributed by atoms with Crippen LogP contribution in [0.15, 0.2) is 121 Å². The van der Waals surface area contributed by atoms with Crippen LogP contribution in [-0.4, -0.2) is 26.1 Å². The zero-order valence-electron chi connectivity index (χ0n) is 22.6. The molecule has 6 aromatic rings. The zero-order chi connectivity index (χ0) is 28.6. The van der Waals surface area contributed by atoms with Gasteiger partial charge >= 0.3 is 0 Å². The summed E-state index contributed by atoms with van der Waals surface area (Å²) in [6.45, 7) is 4.20. The van der Waals surface area contributed by atoms with Gasteiger partial charge in [-0.05, 0) is 71.7 Å². The highest BCUT2D eigenvalue weighted by atomic mass is 19.1. The molecule has 0 aliphatic heterocycles. The summed E-state index contributed by atoms with van der Waals surface area (Å²) in [4.78, 5) is 20.7. The Hall–Kier alpha value is -5.56. The largest absolute Gasteiger partial charge is 0.352 e. The fourth-order valence-corrected chi connectivity index (χ4v) is 5.45. The number of aromatic amines is 2. The molecule has 3 aromatic carbocycles. The Morgan fingerprint density at radius 3 is 2.64 bits per heavy atom. The van der Waals surface area contributed by atoms with Crippen LogP contribution in [0.4, 0.5) is 4.39 Å². The molecule has 0 saturated heterocycles. The van der Waals surface area contributed by atoms with Crippen LogP contribution in [0.25, 0.3) is 49.9 Å². The van der Waals surface area contributed by atoms with Gasteiger partial charge in [0.2, 0.25) is 0 Å². The third-order valence-corrected chi connectivity index (χ3v) is 7.52. The van der Waals surface area contributed by atoms with Crippen LogP contribution in [0, 0.1) is 5.82 Å². The van der Waals surface area contributed by atoms with E-state index in [0.29, 0.717) is 18.4 Å². The molecule has 1 aliphatic carbocycles. The smallest absolute Gasteiger partial charge is 0.255 e. The monoisotopic (exact) mass is 551 g/mol. The van der Waals surface area contributed by atoms with Gasteiger partial charge in [-0.15, -0.1) is 0 Å². The van der Waals surface area contributed by atoms with Crippen molar-refractivity contribution in [3.05, 3.63) is 138 Å². The maximum Gasteiger partial charge on any atom is 0.255 e. The molecule has 0 saturated carbocycles. The van der Waals surface area contributed by atoms with Crippen molar-refractivity contribution in [2.24, 2.45) is 0 Å². The number of carbonyl (C=O) groups excluding carboxylic acids is 1. The fraction of sp³-hybridized carbons (Fsp3) is 0.0571. The van der Waals surface area contributed by atoms with E-state index in [4.69, 9.17) is 0 Å². The third kappa shape index (κ3) is 4.81. The van der Waals surface area contributed by atoms with E-state index in [9.17, 15) is 9.18 Å². The van der Waals surface area contributed by atoms with Crippen molar-refractivity contribution in [3.63, 3.8) is 0 Å². The average Bonchev–Trinajstić information content (AvgIpc) is 3.58. The van der Waals surface area contributed by atoms with E-state index >= 15 is 0 Å². The number of aromatic nitrogens is 4. The Labute approximate surface area is 241 Å². The van der Waals surface area contributed by atoms with Crippen LogP contribution in [0.1, 0.15) is 28.8 Å². The molecule has 42 heavy (non-hydrogen) atoms. The van der Waals surface area contributed by atoms with Crippen molar-refractivity contribution in [1.29, 1.82) is 0 Å². The van der Waals surface area contributed by atoms with Gasteiger partial charge in [-0.25, -0.2) is 4.39 Å². The highest BCUT2D eigenvalue weighted by Crippen LogP contribution is 2.35. The number of fused-ring (bicyclic) bond motifs is 2. The Morgan fingerprint density at radius 1 is 0.905 bits per heavy atom. The number of rotatable bonds is 5. The van der Waals surface area contributed by atoms with E-state index in [2.05, 4.69) is 50.3 Å². The molecule has 0 unspecified atom stereocenters. The van der Waals surface area contributed by atoms with Crippen LogP contribution in [0.3, 0.4) is 0 Å². The molecule has 0 bridgehead atoms. The van der Waals surface area contributed by atoms with Gasteiger partial charge in [-0.3, -0.25) is 14.9 Å². The Bertz CT molecular complexity index is 2070. The molecule has 6 nitrogen and oxygen atoms in total. The Kier molecular flexibility index (Phi) is 6.32. The summed E-state index contributed by atoms with van der Waals surface area (Å²) in [7, 11) is 0. The lowest BCUT2D eigenvalue weighted by atomic mass is 10.0. The molecule has 3 N–H and O–H groups in total. The SMILES string of the molecule is C=C1CC=C(c2ccc3[nH]nc(-c4cc5c(-c6cccc(F)c6)cncc5[nH]4)c3c2)C=C(NC(=O)c2ccccc2)C1. The molecule has 1 amide bonds. The predicted octanol–water partition coefficient (Wildman–Crippen LogP) is 7.96. The number of pyridine rings is 1. The number of H-pyrrole nitrogens is 2. The Balaban J connectivity index is 1.26. The van der Waals surface area contributed by atoms with Gasteiger partial charge in [0.1, 0.15) is 11.5 Å². The standard InChI is InChI=1S/C35H26FN5O/c1-21-10-11-23(16-27(14-21)38-35(42)22-6-3-2-4-7-22)24-12-13-31-29(17-24)34(41-40-31)32-18-28-30(19-37-20-33(28)39-32)25-8-5-9-26(36)15-25/h2-9,11-13,15-20,39H,1,10,14H2,(H,38,42)(H,40,41). The summed E-state index contributed by atoms with van der Waals surface area (Å²) in [5, 5.41) is 12.8. The van der Waals surface area contributed by atoms with Gasteiger partial charge in [0, 0.05) is 40.2 Å². The molecule has 7 heteroatoms. The quantitative estimate of drug-likeness (QED) is 0.190. The summed E-state index contributed by atoms with van der Waals surface area (Å²) in [5.41, 5.74) is 9.38. The number of allylic oxidation sites excluding steroid dienone is 4. The molecule has 0 atom stereocenters. The summed E-state index contributed by atoms with van der Waals surface area (Å²) in [5.74, 6) is -0.436. The minimum Gasteiger partial charge on any atom is -0.352 e. The average molecular weight is 552 g/mol. The Morgan fingerprint density at radius 2 is 1.79 bits per heavy atom. The molecule has 3 heterocycles. The molecule has 3 aromatic heterocycles. The lowest BCUT2D eigenvalue weighted by molar-refractivity contribution is 0.0965. The van der Waals surface area contributed by atoms with E-state index in [1.54, 1.807) is 30.6 Å². The second kappa shape index (κ2) is 10.4. The van der Waals surface area contributed by atoms with Crippen molar-refractivity contribution in [1.82, 2.24) is 25.5 Å². The summed E-state index contributed by atoms with van der Waals surface area (Å²) in [6.07, 6.45) is 8.99. The van der Waals surface area contributed by atoms with Gasteiger partial charge in [-0.2, -0.15) is 5.10 Å². The van der Waals surface area contributed by atoms with Crippen molar-refractivity contribution < 1.29 is 9.18 Å². The number of carbonyl (C=O) groups is 1. The number of amides is 1. The first-order chi connectivity index (χ1) is 20.5. The summed E-state index contributed by atoms with van der Waals surface area (Å²) >= 11 is 0. The first-order valence-electron chi connectivity index (χ1n) is 13.7. The van der Waals surface area contributed by atoms with Crippen LogP contribution in [0.2, 0.25) is 0 Å². The van der Waals surface area contributed by atoms with Gasteiger partial charge in [0.05, 0.1) is 22.9 Å². The van der Waals surface area contributed by atoms with Gasteiger partial charge in [0.25, 0.3) is 5.91 Å². The van der Waals surface area contributed by atoms with E-state index < -0.39 is 0 Å². The van der Waals surface area contributed by atoms with Gasteiger partial charge in [0.15, 0.2) is 0 Å². The van der Waals surface area contributed by atoms with Crippen LogP contribution in [0.5, 0.6) is 0 Å². The molecular weight excluding hydrogens is 525 g/mol. The normalized spacial score (nSPS) is 13.6. The van der Waals surface area contributed by atoms with Crippen molar-refractivity contribution in [3.8, 4) is 22.5 Å². The second-order valence-electron chi connectivity index (χ2n) is 10.5. The summed E-state index contributed by atoms with van der Waals surface area (Å²) in [6, 6.07) is 23.9. The first-order valence-corrected chi connectivity index (χ1v) is 13.7. The minimum absolute atomic E-state index is 0.144. The molecule has 0 radical (unpaired) electrons. The van der Waals surface area contributed by atoms with Crippen LogP contribution < -0.4 is 5.32 Å². The van der Waals surface area contributed by atoms with E-state index in [1.165, 1.54) is 12.1 Å². The molecular formula is C35H26FN5O. The van der Waals surface area contributed by atoms with E-state index in [-0.39, 0.29) is 11.7 Å². The molecule has 0 fully saturated rings. The molecule has 7 rings (SSSR count). The fourth-order valence-electron chi connectivity index (χ4n) is 5.45. The summed E-state index contributed by atoms with van der Waals surface area (Å²) < 4.78 is 14.0. The maximum atomic E-state index is 14.0. The van der Waals surface area contributed by atoms with Gasteiger partial charge in [-0.1, -0.05) is 54.6 Å².